The molecule has 0 aromatic carbocycles. The van der Waals surface area contributed by atoms with Crippen molar-refractivity contribution in [3.8, 4) is 0 Å². The lowest BCUT2D eigenvalue weighted by Gasteiger charge is -2.25. The molecule has 0 saturated heterocycles. The molecule has 1 aromatic rings. The molecule has 1 heterocycles. The van der Waals surface area contributed by atoms with Crippen LogP contribution in [0.15, 0.2) is 10.8 Å². The van der Waals surface area contributed by atoms with E-state index in [0.29, 0.717) is 5.76 Å². The number of aryl methyl sites for hydroxylation is 1. The molecule has 0 aliphatic carbocycles. The molecule has 1 aromatic heterocycles. The molecule has 0 aliphatic rings. The number of hydrogen-bond donors (Lipinski definition) is 2. The Balaban J connectivity index is 2.52. The summed E-state index contributed by atoms with van der Waals surface area (Å²) in [6, 6.07) is 0. The topological polar surface area (TPSA) is 75.4 Å². The lowest BCUT2D eigenvalue weighted by Crippen LogP contribution is -2.39. The van der Waals surface area contributed by atoms with Crippen molar-refractivity contribution in [1.82, 2.24) is 10.3 Å². The molecule has 2 N–H and O–H groups in total. The minimum absolute atomic E-state index is 0.203. The van der Waals surface area contributed by atoms with Crippen LogP contribution in [-0.2, 0) is 0 Å². The van der Waals surface area contributed by atoms with Gasteiger partial charge in [0.15, 0.2) is 12.1 Å². The Labute approximate surface area is 94.9 Å². The van der Waals surface area contributed by atoms with Crippen molar-refractivity contribution in [3.63, 3.8) is 0 Å². The normalized spacial score (nSPS) is 13.6. The van der Waals surface area contributed by atoms with E-state index in [9.17, 15) is 9.90 Å². The van der Waals surface area contributed by atoms with Crippen molar-refractivity contribution in [2.45, 2.75) is 33.8 Å². The Morgan fingerprint density at radius 3 is 2.69 bits per heavy atom. The van der Waals surface area contributed by atoms with Crippen LogP contribution >= 0.6 is 0 Å². The number of oxazole rings is 1. The molecule has 1 rings (SSSR count). The molecule has 1 unspecified atom stereocenters. The van der Waals surface area contributed by atoms with Crippen LogP contribution < -0.4 is 5.32 Å². The number of nitrogens with one attached hydrogen (secondary N) is 1. The lowest BCUT2D eigenvalue weighted by atomic mass is 9.89. The first kappa shape index (κ1) is 12.7. The summed E-state index contributed by atoms with van der Waals surface area (Å²) < 4.78 is 4.93. The van der Waals surface area contributed by atoms with Gasteiger partial charge < -0.3 is 14.8 Å². The molecule has 0 bridgehead atoms. The highest BCUT2D eigenvalue weighted by Gasteiger charge is 2.23. The van der Waals surface area contributed by atoms with Gasteiger partial charge in [-0.15, -0.1) is 0 Å². The van der Waals surface area contributed by atoms with Gasteiger partial charge in [0.1, 0.15) is 5.76 Å². The second-order valence-corrected chi connectivity index (χ2v) is 4.85. The summed E-state index contributed by atoms with van der Waals surface area (Å²) in [5.74, 6) is 0.150. The number of rotatable bonds is 3. The van der Waals surface area contributed by atoms with Crippen LogP contribution in [0, 0.1) is 12.3 Å². The summed E-state index contributed by atoms with van der Waals surface area (Å²) in [4.78, 5) is 15.4. The number of carbonyl (C=O) groups excluding carboxylic acids is 1. The van der Waals surface area contributed by atoms with Crippen molar-refractivity contribution in [1.29, 1.82) is 0 Å². The highest BCUT2D eigenvalue weighted by Crippen LogP contribution is 2.18. The second-order valence-electron chi connectivity index (χ2n) is 4.85. The fourth-order valence-corrected chi connectivity index (χ4v) is 1.10. The van der Waals surface area contributed by atoms with Gasteiger partial charge in [-0.3, -0.25) is 4.79 Å². The van der Waals surface area contributed by atoms with E-state index in [0.717, 1.165) is 0 Å². The third-order valence-corrected chi connectivity index (χ3v) is 2.42. The summed E-state index contributed by atoms with van der Waals surface area (Å²) in [6.07, 6.45) is 0.633. The van der Waals surface area contributed by atoms with Crippen molar-refractivity contribution in [2.75, 3.05) is 6.54 Å². The summed E-state index contributed by atoms with van der Waals surface area (Å²) >= 11 is 0. The Morgan fingerprint density at radius 1 is 1.62 bits per heavy atom. The average Bonchev–Trinajstić information content (AvgIpc) is 2.58. The summed E-state index contributed by atoms with van der Waals surface area (Å²) in [5, 5.41) is 12.4. The fourth-order valence-electron chi connectivity index (χ4n) is 1.10. The van der Waals surface area contributed by atoms with Crippen LogP contribution in [0.1, 0.15) is 37.0 Å². The van der Waals surface area contributed by atoms with E-state index < -0.39 is 6.10 Å². The molecule has 0 saturated carbocycles. The number of nitrogens with zero attached hydrogens (tertiary/aromatic N) is 1. The minimum atomic E-state index is -0.594. The van der Waals surface area contributed by atoms with Crippen LogP contribution in [0.25, 0.3) is 0 Å². The quantitative estimate of drug-likeness (QED) is 0.809. The molecule has 5 heteroatoms. The standard InChI is InChI=1S/C11H18N2O3/c1-7-9(13-6-16-7)10(15)12-5-8(14)11(2,3)4/h6,8,14H,5H2,1-4H3,(H,12,15). The van der Waals surface area contributed by atoms with Crippen molar-refractivity contribution in [3.05, 3.63) is 17.8 Å². The van der Waals surface area contributed by atoms with Crippen molar-refractivity contribution in [2.24, 2.45) is 5.41 Å². The molecule has 5 nitrogen and oxygen atoms in total. The van der Waals surface area contributed by atoms with E-state index in [1.807, 2.05) is 20.8 Å². The maximum Gasteiger partial charge on any atom is 0.273 e. The molecule has 0 aliphatic heterocycles. The van der Waals surface area contributed by atoms with Crippen LogP contribution in [0.2, 0.25) is 0 Å². The fraction of sp³-hybridized carbons (Fsp3) is 0.636. The number of carbonyl (C=O) groups is 1. The third kappa shape index (κ3) is 3.06. The molecular weight excluding hydrogens is 208 g/mol. The number of aliphatic hydroxyl groups is 1. The molecule has 90 valence electrons. The lowest BCUT2D eigenvalue weighted by molar-refractivity contribution is 0.0585. The molecule has 0 radical (unpaired) electrons. The first-order chi connectivity index (χ1) is 7.32. The van der Waals surface area contributed by atoms with Gasteiger partial charge in [0.2, 0.25) is 0 Å². The van der Waals surface area contributed by atoms with Gasteiger partial charge in [0, 0.05) is 6.54 Å². The Bertz CT molecular complexity index is 366. The molecule has 0 spiro atoms. The molecular formula is C11H18N2O3. The molecule has 16 heavy (non-hydrogen) atoms. The maximum absolute atomic E-state index is 11.6. The van der Waals surface area contributed by atoms with E-state index in [1.165, 1.54) is 6.39 Å². The monoisotopic (exact) mass is 226 g/mol. The van der Waals surface area contributed by atoms with E-state index in [1.54, 1.807) is 6.92 Å². The largest absolute Gasteiger partial charge is 0.448 e. The van der Waals surface area contributed by atoms with Gasteiger partial charge in [-0.25, -0.2) is 4.98 Å². The molecule has 1 amide bonds. The molecule has 1 atom stereocenters. The Kier molecular flexibility index (Phi) is 3.70. The zero-order chi connectivity index (χ0) is 12.3. The predicted octanol–water partition coefficient (Wildman–Crippen LogP) is 1.12. The van der Waals surface area contributed by atoms with Crippen LogP contribution in [-0.4, -0.2) is 28.6 Å². The third-order valence-electron chi connectivity index (χ3n) is 2.42. The van der Waals surface area contributed by atoms with Gasteiger partial charge in [0.25, 0.3) is 5.91 Å². The number of aromatic nitrogens is 1. The predicted molar refractivity (Wildman–Crippen MR) is 59.0 cm³/mol. The first-order valence-electron chi connectivity index (χ1n) is 5.18. The van der Waals surface area contributed by atoms with Crippen LogP contribution in [0.5, 0.6) is 0 Å². The number of amides is 1. The van der Waals surface area contributed by atoms with E-state index in [4.69, 9.17) is 4.42 Å². The van der Waals surface area contributed by atoms with Crippen molar-refractivity contribution < 1.29 is 14.3 Å². The highest BCUT2D eigenvalue weighted by atomic mass is 16.3. The van der Waals surface area contributed by atoms with Crippen molar-refractivity contribution >= 4 is 5.91 Å². The van der Waals surface area contributed by atoms with E-state index in [-0.39, 0.29) is 23.6 Å². The van der Waals surface area contributed by atoms with Gasteiger partial charge in [0.05, 0.1) is 6.10 Å². The summed E-state index contributed by atoms with van der Waals surface area (Å²) in [7, 11) is 0. The highest BCUT2D eigenvalue weighted by molar-refractivity contribution is 5.93. The van der Waals surface area contributed by atoms with E-state index >= 15 is 0 Å². The van der Waals surface area contributed by atoms with Gasteiger partial charge in [-0.1, -0.05) is 20.8 Å². The van der Waals surface area contributed by atoms with E-state index in [2.05, 4.69) is 10.3 Å². The average molecular weight is 226 g/mol. The summed E-state index contributed by atoms with van der Waals surface area (Å²) in [5.41, 5.74) is 0.00713. The van der Waals surface area contributed by atoms with Gasteiger partial charge in [-0.05, 0) is 12.3 Å². The number of hydrogen-bond acceptors (Lipinski definition) is 4. The second kappa shape index (κ2) is 4.65. The van der Waals surface area contributed by atoms with Crippen LogP contribution in [0.3, 0.4) is 0 Å². The Morgan fingerprint density at radius 2 is 2.25 bits per heavy atom. The zero-order valence-electron chi connectivity index (χ0n) is 10.1. The minimum Gasteiger partial charge on any atom is -0.448 e. The summed E-state index contributed by atoms with van der Waals surface area (Å²) in [6.45, 7) is 7.60. The first-order valence-corrected chi connectivity index (χ1v) is 5.18. The molecule has 0 fully saturated rings. The number of aliphatic hydroxyl groups excluding tert-OH is 1. The van der Waals surface area contributed by atoms with Gasteiger partial charge >= 0.3 is 0 Å². The van der Waals surface area contributed by atoms with Crippen LogP contribution in [0.4, 0.5) is 0 Å². The Hall–Kier alpha value is -1.36. The smallest absolute Gasteiger partial charge is 0.273 e. The zero-order valence-corrected chi connectivity index (χ0v) is 10.1. The SMILES string of the molecule is Cc1ocnc1C(=O)NCC(O)C(C)(C)C. The maximum atomic E-state index is 11.6. The van der Waals surface area contributed by atoms with Gasteiger partial charge in [-0.2, -0.15) is 0 Å².